The molecule has 0 saturated carbocycles. The van der Waals surface area contributed by atoms with Crippen molar-refractivity contribution >= 4 is 39.8 Å². The zero-order chi connectivity index (χ0) is 16.8. The van der Waals surface area contributed by atoms with Crippen molar-refractivity contribution in [3.8, 4) is 0 Å². The van der Waals surface area contributed by atoms with Crippen molar-refractivity contribution in [3.63, 3.8) is 0 Å². The molecule has 0 atom stereocenters. The van der Waals surface area contributed by atoms with Crippen LogP contribution >= 0.6 is 27.7 Å². The Kier molecular flexibility index (Phi) is 6.47. The summed E-state index contributed by atoms with van der Waals surface area (Å²) in [6.07, 6.45) is 1.49. The molecule has 1 N–H and O–H groups in total. The first-order valence-electron chi connectivity index (χ1n) is 7.17. The molecular weight excluding hydrogens is 376 g/mol. The second kappa shape index (κ2) is 8.36. The summed E-state index contributed by atoms with van der Waals surface area (Å²) >= 11 is 4.93. The summed E-state index contributed by atoms with van der Waals surface area (Å²) in [6.45, 7) is 6.01. The highest BCUT2D eigenvalue weighted by Crippen LogP contribution is 2.19. The van der Waals surface area contributed by atoms with E-state index in [0.29, 0.717) is 11.5 Å². The van der Waals surface area contributed by atoms with Crippen molar-refractivity contribution in [2.45, 2.75) is 26.5 Å². The standard InChI is InChI=1S/C17H19BrN2O2S/c1-11-4-12(2)6-14(5-11)9-23-10-17(21)20-19-8-15-7-16(18)13(3)22-15/h4-8H,9-10H2,1-3H3,(H,20,21). The molecule has 6 heteroatoms. The molecule has 0 fully saturated rings. The number of rotatable bonds is 6. The zero-order valence-corrected chi connectivity index (χ0v) is 15.8. The molecule has 23 heavy (non-hydrogen) atoms. The number of hydrogen-bond donors (Lipinski definition) is 1. The fraction of sp³-hybridized carbons (Fsp3) is 0.294. The van der Waals surface area contributed by atoms with Crippen LogP contribution in [0.5, 0.6) is 0 Å². The van der Waals surface area contributed by atoms with Gasteiger partial charge in [0.05, 0.1) is 16.4 Å². The summed E-state index contributed by atoms with van der Waals surface area (Å²) < 4.78 is 6.29. The fourth-order valence-electron chi connectivity index (χ4n) is 2.16. The summed E-state index contributed by atoms with van der Waals surface area (Å²) in [5.74, 6) is 2.42. The Morgan fingerprint density at radius 2 is 1.96 bits per heavy atom. The second-order valence-corrected chi connectivity index (χ2v) is 7.17. The van der Waals surface area contributed by atoms with Gasteiger partial charge in [0.25, 0.3) is 0 Å². The van der Waals surface area contributed by atoms with Crippen LogP contribution in [0.25, 0.3) is 0 Å². The molecule has 0 spiro atoms. The van der Waals surface area contributed by atoms with E-state index in [1.165, 1.54) is 22.9 Å². The molecule has 1 aromatic heterocycles. The van der Waals surface area contributed by atoms with Gasteiger partial charge in [0.2, 0.25) is 5.91 Å². The first-order valence-corrected chi connectivity index (χ1v) is 9.11. The minimum Gasteiger partial charge on any atom is -0.459 e. The molecule has 1 heterocycles. The highest BCUT2D eigenvalue weighted by Gasteiger charge is 2.04. The minimum atomic E-state index is -0.127. The van der Waals surface area contributed by atoms with Crippen molar-refractivity contribution in [1.82, 2.24) is 5.43 Å². The van der Waals surface area contributed by atoms with Gasteiger partial charge in [-0.2, -0.15) is 5.10 Å². The molecule has 0 aliphatic rings. The molecule has 122 valence electrons. The number of nitrogens with one attached hydrogen (secondary N) is 1. The lowest BCUT2D eigenvalue weighted by atomic mass is 10.1. The van der Waals surface area contributed by atoms with E-state index in [-0.39, 0.29) is 5.91 Å². The van der Waals surface area contributed by atoms with E-state index < -0.39 is 0 Å². The van der Waals surface area contributed by atoms with Crippen molar-refractivity contribution < 1.29 is 9.21 Å². The van der Waals surface area contributed by atoms with Gasteiger partial charge in [-0.1, -0.05) is 29.3 Å². The Bertz CT molecular complexity index is 686. The number of nitrogens with zero attached hydrogens (tertiary/aromatic N) is 1. The number of carbonyl (C=O) groups is 1. The average Bonchev–Trinajstić information content (AvgIpc) is 2.76. The smallest absolute Gasteiger partial charge is 0.250 e. The number of halogens is 1. The van der Waals surface area contributed by atoms with Crippen molar-refractivity contribution in [2.75, 3.05) is 5.75 Å². The van der Waals surface area contributed by atoms with E-state index in [4.69, 9.17) is 4.42 Å². The molecule has 0 bridgehead atoms. The third-order valence-corrected chi connectivity index (χ3v) is 4.83. The zero-order valence-electron chi connectivity index (χ0n) is 13.4. The van der Waals surface area contributed by atoms with E-state index in [2.05, 4.69) is 58.5 Å². The van der Waals surface area contributed by atoms with Gasteiger partial charge in [-0.15, -0.1) is 11.8 Å². The van der Waals surface area contributed by atoms with Crippen molar-refractivity contribution in [1.29, 1.82) is 0 Å². The van der Waals surface area contributed by atoms with Crippen LogP contribution in [0.15, 0.2) is 38.3 Å². The van der Waals surface area contributed by atoms with Crippen LogP contribution in [0.1, 0.15) is 28.2 Å². The van der Waals surface area contributed by atoms with Gasteiger partial charge >= 0.3 is 0 Å². The predicted octanol–water partition coefficient (Wildman–Crippen LogP) is 4.35. The van der Waals surface area contributed by atoms with Crippen molar-refractivity contribution in [2.24, 2.45) is 5.10 Å². The monoisotopic (exact) mass is 394 g/mol. The Morgan fingerprint density at radius 3 is 2.57 bits per heavy atom. The Morgan fingerprint density at radius 1 is 1.26 bits per heavy atom. The van der Waals surface area contributed by atoms with Gasteiger partial charge in [-0.05, 0) is 42.3 Å². The predicted molar refractivity (Wildman–Crippen MR) is 99.0 cm³/mol. The third kappa shape index (κ3) is 5.88. The van der Waals surface area contributed by atoms with Crippen LogP contribution in [0, 0.1) is 20.8 Å². The average molecular weight is 395 g/mol. The van der Waals surface area contributed by atoms with Crippen LogP contribution in [0.3, 0.4) is 0 Å². The largest absolute Gasteiger partial charge is 0.459 e. The Hall–Kier alpha value is -1.53. The second-order valence-electron chi connectivity index (χ2n) is 5.33. The van der Waals surface area contributed by atoms with E-state index in [1.54, 1.807) is 17.8 Å². The first-order chi connectivity index (χ1) is 10.9. The maximum atomic E-state index is 11.7. The molecule has 0 unspecified atom stereocenters. The summed E-state index contributed by atoms with van der Waals surface area (Å²) in [5, 5.41) is 3.90. The highest BCUT2D eigenvalue weighted by atomic mass is 79.9. The Labute approximate surface area is 148 Å². The van der Waals surface area contributed by atoms with Gasteiger partial charge < -0.3 is 4.42 Å². The van der Waals surface area contributed by atoms with E-state index >= 15 is 0 Å². The number of benzene rings is 1. The van der Waals surface area contributed by atoms with E-state index in [0.717, 1.165) is 16.0 Å². The maximum Gasteiger partial charge on any atom is 0.250 e. The number of aryl methyl sites for hydroxylation is 3. The third-order valence-electron chi connectivity index (χ3n) is 3.04. The molecule has 2 rings (SSSR count). The quantitative estimate of drug-likeness (QED) is 0.585. The molecule has 0 aliphatic carbocycles. The fourth-order valence-corrected chi connectivity index (χ4v) is 3.22. The molecular formula is C17H19BrN2O2S. The molecule has 2 aromatic rings. The van der Waals surface area contributed by atoms with Crippen LogP contribution < -0.4 is 5.43 Å². The van der Waals surface area contributed by atoms with Crippen LogP contribution in [-0.4, -0.2) is 17.9 Å². The molecule has 1 aromatic carbocycles. The highest BCUT2D eigenvalue weighted by molar-refractivity contribution is 9.10. The molecule has 1 amide bonds. The summed E-state index contributed by atoms with van der Waals surface area (Å²) in [5.41, 5.74) is 6.23. The lowest BCUT2D eigenvalue weighted by Gasteiger charge is -2.04. The van der Waals surface area contributed by atoms with E-state index in [9.17, 15) is 4.79 Å². The lowest BCUT2D eigenvalue weighted by Crippen LogP contribution is -2.19. The summed E-state index contributed by atoms with van der Waals surface area (Å²) in [6, 6.07) is 8.24. The number of thioether (sulfide) groups is 1. The molecule has 0 aliphatic heterocycles. The number of hydrogen-bond acceptors (Lipinski definition) is 4. The number of hydrazone groups is 1. The molecule has 0 saturated heterocycles. The number of furan rings is 1. The number of carbonyl (C=O) groups excluding carboxylic acids is 1. The van der Waals surface area contributed by atoms with Crippen LogP contribution in [-0.2, 0) is 10.5 Å². The van der Waals surface area contributed by atoms with Gasteiger partial charge in [-0.25, -0.2) is 5.43 Å². The maximum absolute atomic E-state index is 11.7. The van der Waals surface area contributed by atoms with Gasteiger partial charge in [0.15, 0.2) is 0 Å². The SMILES string of the molecule is Cc1cc(C)cc(CSCC(=O)NN=Cc2cc(Br)c(C)o2)c1. The lowest BCUT2D eigenvalue weighted by molar-refractivity contribution is -0.118. The Balaban J connectivity index is 1.74. The van der Waals surface area contributed by atoms with Crippen LogP contribution in [0.2, 0.25) is 0 Å². The van der Waals surface area contributed by atoms with E-state index in [1.807, 2.05) is 6.92 Å². The molecule has 4 nitrogen and oxygen atoms in total. The number of amides is 1. The first kappa shape index (κ1) is 17.8. The van der Waals surface area contributed by atoms with Gasteiger partial charge in [0.1, 0.15) is 11.5 Å². The van der Waals surface area contributed by atoms with Crippen molar-refractivity contribution in [3.05, 3.63) is 56.9 Å². The summed E-state index contributed by atoms with van der Waals surface area (Å²) in [7, 11) is 0. The van der Waals surface area contributed by atoms with Gasteiger partial charge in [0, 0.05) is 11.8 Å². The normalized spacial score (nSPS) is 11.1. The van der Waals surface area contributed by atoms with Crippen LogP contribution in [0.4, 0.5) is 0 Å². The summed E-state index contributed by atoms with van der Waals surface area (Å²) in [4.78, 5) is 11.7. The topological polar surface area (TPSA) is 54.6 Å². The minimum absolute atomic E-state index is 0.127. The molecule has 0 radical (unpaired) electrons. The van der Waals surface area contributed by atoms with Gasteiger partial charge in [-0.3, -0.25) is 4.79 Å².